The normalized spacial score (nSPS) is 22.8. The Morgan fingerprint density at radius 1 is 0.622 bits per heavy atom. The lowest BCUT2D eigenvalue weighted by Gasteiger charge is -2.51. The number of hydrogen-bond donors (Lipinski definition) is 0. The highest BCUT2D eigenvalue weighted by atomic mass is 16.6. The van der Waals surface area contributed by atoms with E-state index in [1.165, 1.54) is 70.5 Å². The van der Waals surface area contributed by atoms with E-state index in [0.29, 0.717) is 5.56 Å². The van der Waals surface area contributed by atoms with Crippen molar-refractivity contribution < 1.29 is 9.53 Å². The molecule has 4 nitrogen and oxygen atoms in total. The predicted molar refractivity (Wildman–Crippen MR) is 185 cm³/mol. The lowest BCUT2D eigenvalue weighted by atomic mass is 9.56. The SMILES string of the molecule is CC1=CC(C)(C)N(C)c2cc3c(cc21)C1(OC(=O)c2ccccc21)c1cc2c(cc1C31CCCCCC1)N(C)C(C)(C)C=C2C. The molecule has 0 amide bonds. The van der Waals surface area contributed by atoms with Crippen LogP contribution in [0.15, 0.2) is 60.7 Å². The van der Waals surface area contributed by atoms with Gasteiger partial charge in [-0.25, -0.2) is 4.79 Å². The van der Waals surface area contributed by atoms with Crippen molar-refractivity contribution in [2.75, 3.05) is 23.9 Å². The van der Waals surface area contributed by atoms with E-state index < -0.39 is 5.60 Å². The molecule has 1 fully saturated rings. The quantitative estimate of drug-likeness (QED) is 0.241. The van der Waals surface area contributed by atoms with Crippen molar-refractivity contribution in [3.05, 3.63) is 105 Å². The molecular formula is C41H46N2O2. The van der Waals surface area contributed by atoms with Gasteiger partial charge in [0.1, 0.15) is 0 Å². The largest absolute Gasteiger partial charge is 0.441 e. The van der Waals surface area contributed by atoms with Crippen LogP contribution in [0, 0.1) is 0 Å². The van der Waals surface area contributed by atoms with Crippen LogP contribution in [-0.2, 0) is 15.8 Å². The van der Waals surface area contributed by atoms with Crippen molar-refractivity contribution in [2.45, 2.75) is 102 Å². The average Bonchev–Trinajstić information content (AvgIpc) is 3.13. The number of hydrogen-bond acceptors (Lipinski definition) is 4. The topological polar surface area (TPSA) is 32.8 Å². The molecule has 3 aromatic carbocycles. The highest BCUT2D eigenvalue weighted by Gasteiger charge is 2.58. The smallest absolute Gasteiger partial charge is 0.340 e. The number of likely N-dealkylation sites (N-methyl/N-ethyl adjacent to an activating group) is 2. The van der Waals surface area contributed by atoms with Crippen LogP contribution in [0.4, 0.5) is 11.4 Å². The molecule has 0 radical (unpaired) electrons. The summed E-state index contributed by atoms with van der Waals surface area (Å²) in [6.45, 7) is 13.7. The maximum Gasteiger partial charge on any atom is 0.340 e. The molecular weight excluding hydrogens is 552 g/mol. The summed E-state index contributed by atoms with van der Waals surface area (Å²) in [5.74, 6) is -0.231. The Morgan fingerprint density at radius 3 is 1.62 bits per heavy atom. The van der Waals surface area contributed by atoms with Crippen LogP contribution in [0.5, 0.6) is 0 Å². The zero-order chi connectivity index (χ0) is 31.7. The molecule has 0 atom stereocenters. The number of benzene rings is 3. The molecule has 3 aromatic rings. The molecule has 0 N–H and O–H groups in total. The van der Waals surface area contributed by atoms with Gasteiger partial charge >= 0.3 is 5.97 Å². The van der Waals surface area contributed by atoms with Crippen molar-refractivity contribution >= 4 is 28.5 Å². The van der Waals surface area contributed by atoms with Gasteiger partial charge in [-0.05, 0) is 107 Å². The molecule has 0 unspecified atom stereocenters. The van der Waals surface area contributed by atoms with Crippen molar-refractivity contribution in [1.29, 1.82) is 0 Å². The van der Waals surface area contributed by atoms with E-state index in [1.54, 1.807) is 0 Å². The van der Waals surface area contributed by atoms with Gasteiger partial charge in [0.25, 0.3) is 0 Å². The van der Waals surface area contributed by atoms with Gasteiger partial charge in [-0.15, -0.1) is 0 Å². The molecule has 2 aliphatic carbocycles. The Labute approximate surface area is 268 Å². The Hall–Kier alpha value is -3.79. The minimum Gasteiger partial charge on any atom is -0.441 e. The number of nitrogens with zero attached hydrogens (tertiary/aromatic N) is 2. The van der Waals surface area contributed by atoms with Gasteiger partial charge in [0, 0.05) is 58.7 Å². The number of carbonyl (C=O) groups excluding carboxylic acids is 1. The summed E-state index contributed by atoms with van der Waals surface area (Å²) in [4.78, 5) is 18.8. The fourth-order valence-corrected chi connectivity index (χ4v) is 9.55. The monoisotopic (exact) mass is 598 g/mol. The van der Waals surface area contributed by atoms with Gasteiger partial charge in [-0.1, -0.05) is 56.0 Å². The summed E-state index contributed by atoms with van der Waals surface area (Å²) >= 11 is 0. The first-order valence-corrected chi connectivity index (χ1v) is 16.9. The van der Waals surface area contributed by atoms with Gasteiger partial charge in [-0.3, -0.25) is 0 Å². The van der Waals surface area contributed by atoms with E-state index in [-0.39, 0.29) is 22.5 Å². The summed E-state index contributed by atoms with van der Waals surface area (Å²) in [5.41, 5.74) is 12.8. The first kappa shape index (κ1) is 28.7. The number of fused-ring (bicyclic) bond motifs is 10. The molecule has 5 aliphatic rings. The number of carbonyl (C=O) groups is 1. The van der Waals surface area contributed by atoms with E-state index in [1.807, 2.05) is 12.1 Å². The van der Waals surface area contributed by atoms with E-state index in [4.69, 9.17) is 4.74 Å². The second-order valence-electron chi connectivity index (χ2n) is 15.5. The molecule has 0 aromatic heterocycles. The molecule has 0 saturated heterocycles. The Morgan fingerprint density at radius 2 is 1.11 bits per heavy atom. The Kier molecular flexibility index (Phi) is 5.83. The van der Waals surface area contributed by atoms with Crippen molar-refractivity contribution in [1.82, 2.24) is 0 Å². The van der Waals surface area contributed by atoms with Gasteiger partial charge in [0.2, 0.25) is 0 Å². The minimum atomic E-state index is -1.00. The maximum atomic E-state index is 13.9. The predicted octanol–water partition coefficient (Wildman–Crippen LogP) is 9.37. The van der Waals surface area contributed by atoms with Crippen molar-refractivity contribution in [3.63, 3.8) is 0 Å². The molecule has 232 valence electrons. The fourth-order valence-electron chi connectivity index (χ4n) is 9.55. The van der Waals surface area contributed by atoms with Crippen LogP contribution in [0.1, 0.15) is 129 Å². The third-order valence-electron chi connectivity index (χ3n) is 12.2. The lowest BCUT2D eigenvalue weighted by Crippen LogP contribution is -2.47. The van der Waals surface area contributed by atoms with Gasteiger partial charge in [0.05, 0.1) is 16.6 Å². The standard InChI is InChI=1S/C41H46N2O2/c1-25-23-38(3,4)42(7)35-21-31-33(19-28(25)35)41(30-16-12-11-15-27(30)37(44)45-41)34-20-29-26(2)24-39(5,6)43(8)36(29)22-32(34)40(31)17-13-9-10-14-18-40/h11-12,15-16,19-24H,9-10,13-14,17-18H2,1-8H3. The highest BCUT2D eigenvalue weighted by Crippen LogP contribution is 2.62. The zero-order valence-corrected chi connectivity index (χ0v) is 28.2. The molecule has 8 rings (SSSR count). The first-order chi connectivity index (χ1) is 21.3. The van der Waals surface area contributed by atoms with Crippen molar-refractivity contribution in [2.24, 2.45) is 0 Å². The summed E-state index contributed by atoms with van der Waals surface area (Å²) in [7, 11) is 4.46. The molecule has 3 heterocycles. The number of anilines is 2. The summed E-state index contributed by atoms with van der Waals surface area (Å²) < 4.78 is 6.86. The van der Waals surface area contributed by atoms with Crippen LogP contribution in [0.3, 0.4) is 0 Å². The second-order valence-corrected chi connectivity index (χ2v) is 15.5. The molecule has 45 heavy (non-hydrogen) atoms. The fraction of sp³-hybridized carbons (Fsp3) is 0.439. The molecule has 1 saturated carbocycles. The number of ether oxygens (including phenoxy) is 1. The number of rotatable bonds is 0. The molecule has 4 heteroatoms. The minimum absolute atomic E-state index is 0.101. The molecule has 2 spiro atoms. The van der Waals surface area contributed by atoms with E-state index in [9.17, 15) is 4.79 Å². The van der Waals surface area contributed by atoms with Crippen LogP contribution < -0.4 is 9.80 Å². The van der Waals surface area contributed by atoms with Gasteiger partial charge in [-0.2, -0.15) is 0 Å². The zero-order valence-electron chi connectivity index (χ0n) is 28.2. The summed E-state index contributed by atoms with van der Waals surface area (Å²) in [6, 6.07) is 17.9. The van der Waals surface area contributed by atoms with Crippen LogP contribution >= 0.6 is 0 Å². The third-order valence-corrected chi connectivity index (χ3v) is 12.2. The first-order valence-electron chi connectivity index (χ1n) is 16.9. The molecule has 3 aliphatic heterocycles. The van der Waals surface area contributed by atoms with Gasteiger partial charge < -0.3 is 14.5 Å². The van der Waals surface area contributed by atoms with Crippen LogP contribution in [0.2, 0.25) is 0 Å². The van der Waals surface area contributed by atoms with E-state index in [2.05, 4.69) is 114 Å². The highest BCUT2D eigenvalue weighted by molar-refractivity contribution is 5.98. The van der Waals surface area contributed by atoms with E-state index in [0.717, 1.165) is 29.5 Å². The van der Waals surface area contributed by atoms with Gasteiger partial charge in [0.15, 0.2) is 5.60 Å². The second kappa shape index (κ2) is 9.15. The average molecular weight is 599 g/mol. The Bertz CT molecular complexity index is 1770. The van der Waals surface area contributed by atoms with Crippen LogP contribution in [0.25, 0.3) is 11.1 Å². The number of esters is 1. The number of allylic oxidation sites excluding steroid dienone is 2. The summed E-state index contributed by atoms with van der Waals surface area (Å²) in [6.07, 6.45) is 11.9. The van der Waals surface area contributed by atoms with Crippen LogP contribution in [-0.4, -0.2) is 31.1 Å². The third kappa shape index (κ3) is 3.63. The van der Waals surface area contributed by atoms with Crippen molar-refractivity contribution in [3.8, 4) is 0 Å². The molecule has 0 bridgehead atoms. The Balaban J connectivity index is 1.54. The lowest BCUT2D eigenvalue weighted by molar-refractivity contribution is 0.0227. The summed E-state index contributed by atoms with van der Waals surface area (Å²) in [5, 5.41) is 0. The van der Waals surface area contributed by atoms with E-state index >= 15 is 0 Å². The maximum absolute atomic E-state index is 13.9.